The Labute approximate surface area is 177 Å². The molecule has 0 radical (unpaired) electrons. The number of hydrogen-bond donors (Lipinski definition) is 1. The zero-order valence-electron chi connectivity index (χ0n) is 17.4. The molecule has 6 nitrogen and oxygen atoms in total. The van der Waals surface area contributed by atoms with E-state index in [0.29, 0.717) is 29.6 Å². The van der Waals surface area contributed by atoms with Crippen molar-refractivity contribution in [2.45, 2.75) is 32.1 Å². The molecular formula is C22H28ClN3O3. The molecule has 0 spiro atoms. The van der Waals surface area contributed by atoms with Gasteiger partial charge in [-0.15, -0.1) is 11.6 Å². The number of hydrogen-bond acceptors (Lipinski definition) is 6. The fourth-order valence-electron chi connectivity index (χ4n) is 3.31. The number of benzene rings is 2. The molecule has 156 valence electrons. The summed E-state index contributed by atoms with van der Waals surface area (Å²) in [7, 11) is 3.27. The highest BCUT2D eigenvalue weighted by Gasteiger charge is 2.23. The average Bonchev–Trinajstić information content (AvgIpc) is 2.71. The van der Waals surface area contributed by atoms with Crippen molar-refractivity contribution in [2.75, 3.05) is 25.8 Å². The van der Waals surface area contributed by atoms with Gasteiger partial charge in [-0.1, -0.05) is 18.2 Å². The van der Waals surface area contributed by atoms with E-state index in [1.807, 2.05) is 37.3 Å². The van der Waals surface area contributed by atoms with Gasteiger partial charge in [-0.2, -0.15) is 0 Å². The van der Waals surface area contributed by atoms with Crippen LogP contribution in [0.1, 0.15) is 41.5 Å². The molecule has 0 saturated heterocycles. The van der Waals surface area contributed by atoms with Crippen LogP contribution in [0.3, 0.4) is 0 Å². The van der Waals surface area contributed by atoms with Gasteiger partial charge in [-0.3, -0.25) is 9.79 Å². The molecule has 0 amide bonds. The molecule has 0 saturated carbocycles. The molecule has 2 N–H and O–H groups in total. The Balaban J connectivity index is 2.65. The lowest BCUT2D eigenvalue weighted by Gasteiger charge is -2.23. The highest BCUT2D eigenvalue weighted by Crippen LogP contribution is 2.42. The first-order chi connectivity index (χ1) is 13.9. The number of aryl methyl sites for hydroxylation is 1. The van der Waals surface area contributed by atoms with Gasteiger partial charge in [-0.25, -0.2) is 5.84 Å². The second kappa shape index (κ2) is 10.3. The summed E-state index contributed by atoms with van der Waals surface area (Å²) in [6, 6.07) is 9.79. The molecule has 0 aromatic heterocycles. The third-order valence-electron chi connectivity index (χ3n) is 4.82. The molecule has 0 aliphatic rings. The Morgan fingerprint density at radius 3 is 2.59 bits per heavy atom. The van der Waals surface area contributed by atoms with Crippen LogP contribution < -0.4 is 15.6 Å². The lowest BCUT2D eigenvalue weighted by atomic mass is 9.86. The molecule has 1 atom stereocenters. The standard InChI is InChI=1S/C22H28ClN3O3/c1-6-29-21(27)12-18(15-8-7-14(2)17(9-15)13-23)16-10-19(25-3)22(26(4)24)20(11-16)28-5/h7-11,18H,3,6,12-13,24H2,1-2,4-5H3. The normalized spacial score (nSPS) is 11.7. The van der Waals surface area contributed by atoms with Crippen molar-refractivity contribution >= 4 is 35.7 Å². The van der Waals surface area contributed by atoms with Crippen LogP contribution in [0.2, 0.25) is 0 Å². The molecule has 1 unspecified atom stereocenters. The Kier molecular flexibility index (Phi) is 8.05. The summed E-state index contributed by atoms with van der Waals surface area (Å²) in [6.45, 7) is 7.78. The van der Waals surface area contributed by atoms with Crippen LogP contribution >= 0.6 is 11.6 Å². The smallest absolute Gasteiger partial charge is 0.306 e. The van der Waals surface area contributed by atoms with E-state index in [9.17, 15) is 4.79 Å². The first-order valence-corrected chi connectivity index (χ1v) is 9.87. The predicted molar refractivity (Wildman–Crippen MR) is 119 cm³/mol. The summed E-state index contributed by atoms with van der Waals surface area (Å²) in [5, 5.41) is 1.43. The Hall–Kier alpha value is -2.57. The van der Waals surface area contributed by atoms with Crippen molar-refractivity contribution in [2.24, 2.45) is 10.8 Å². The van der Waals surface area contributed by atoms with Crippen molar-refractivity contribution in [1.82, 2.24) is 0 Å². The zero-order chi connectivity index (χ0) is 21.6. The number of alkyl halides is 1. The molecule has 0 aliphatic carbocycles. The first-order valence-electron chi connectivity index (χ1n) is 9.34. The van der Waals surface area contributed by atoms with Crippen LogP contribution in [0.15, 0.2) is 35.3 Å². The monoisotopic (exact) mass is 417 g/mol. The van der Waals surface area contributed by atoms with E-state index in [4.69, 9.17) is 26.9 Å². The van der Waals surface area contributed by atoms with Crippen LogP contribution in [0.5, 0.6) is 5.75 Å². The van der Waals surface area contributed by atoms with Gasteiger partial charge in [-0.05, 0) is 55.0 Å². The summed E-state index contributed by atoms with van der Waals surface area (Å²) in [5.74, 6) is 6.36. The van der Waals surface area contributed by atoms with E-state index in [-0.39, 0.29) is 18.3 Å². The number of nitrogens with two attached hydrogens (primary N) is 1. The van der Waals surface area contributed by atoms with Crippen molar-refractivity contribution in [3.63, 3.8) is 0 Å². The van der Waals surface area contributed by atoms with Crippen LogP contribution in [-0.2, 0) is 15.4 Å². The maximum atomic E-state index is 12.4. The predicted octanol–water partition coefficient (Wildman–Crippen LogP) is 4.47. The van der Waals surface area contributed by atoms with Gasteiger partial charge in [0.15, 0.2) is 0 Å². The number of rotatable bonds is 9. The third kappa shape index (κ3) is 5.28. The quantitative estimate of drug-likeness (QED) is 0.214. The molecule has 0 aliphatic heterocycles. The maximum absolute atomic E-state index is 12.4. The molecule has 2 rings (SSSR count). The van der Waals surface area contributed by atoms with Gasteiger partial charge < -0.3 is 14.5 Å². The maximum Gasteiger partial charge on any atom is 0.306 e. The number of carbonyl (C=O) groups excluding carboxylic acids is 1. The minimum Gasteiger partial charge on any atom is -0.494 e. The van der Waals surface area contributed by atoms with Crippen molar-refractivity contribution in [1.29, 1.82) is 0 Å². The van der Waals surface area contributed by atoms with Crippen LogP contribution in [0, 0.1) is 6.92 Å². The Morgan fingerprint density at radius 1 is 1.31 bits per heavy atom. The largest absolute Gasteiger partial charge is 0.494 e. The fraction of sp³-hybridized carbons (Fsp3) is 0.364. The number of esters is 1. The van der Waals surface area contributed by atoms with E-state index in [2.05, 4.69) is 11.7 Å². The molecule has 7 heteroatoms. The number of hydrazine groups is 1. The van der Waals surface area contributed by atoms with E-state index in [1.165, 1.54) is 5.01 Å². The Bertz CT molecular complexity index is 884. The van der Waals surface area contributed by atoms with Gasteiger partial charge in [0, 0.05) is 18.8 Å². The summed E-state index contributed by atoms with van der Waals surface area (Å²) in [4.78, 5) is 16.5. The number of methoxy groups -OCH3 is 1. The number of nitrogens with zero attached hydrogens (tertiary/aromatic N) is 2. The van der Waals surface area contributed by atoms with Crippen molar-refractivity contribution in [3.05, 3.63) is 52.6 Å². The van der Waals surface area contributed by atoms with Crippen LogP contribution in [0.25, 0.3) is 0 Å². The zero-order valence-corrected chi connectivity index (χ0v) is 18.1. The molecule has 0 fully saturated rings. The van der Waals surface area contributed by atoms with Crippen LogP contribution in [0.4, 0.5) is 11.4 Å². The molecule has 29 heavy (non-hydrogen) atoms. The van der Waals surface area contributed by atoms with Crippen LogP contribution in [-0.4, -0.2) is 33.5 Å². The first kappa shape index (κ1) is 22.7. The summed E-state index contributed by atoms with van der Waals surface area (Å²) in [6.07, 6.45) is 0.177. The minimum absolute atomic E-state index is 0.177. The van der Waals surface area contributed by atoms with Gasteiger partial charge in [0.1, 0.15) is 11.4 Å². The van der Waals surface area contributed by atoms with E-state index < -0.39 is 0 Å². The lowest BCUT2D eigenvalue weighted by molar-refractivity contribution is -0.143. The Morgan fingerprint density at radius 2 is 2.03 bits per heavy atom. The number of halogens is 1. The highest BCUT2D eigenvalue weighted by molar-refractivity contribution is 6.17. The molecule has 2 aromatic carbocycles. The topological polar surface area (TPSA) is 77.2 Å². The average molecular weight is 418 g/mol. The molecule has 0 heterocycles. The third-order valence-corrected chi connectivity index (χ3v) is 5.11. The van der Waals surface area contributed by atoms with E-state index in [1.54, 1.807) is 21.1 Å². The number of aliphatic imine (C=N–C) groups is 1. The van der Waals surface area contributed by atoms with Gasteiger partial charge in [0.2, 0.25) is 0 Å². The van der Waals surface area contributed by atoms with E-state index >= 15 is 0 Å². The SMILES string of the molecule is C=Nc1cc(C(CC(=O)OCC)c2ccc(C)c(CCl)c2)cc(OC)c1N(C)N. The number of ether oxygens (including phenoxy) is 2. The summed E-state index contributed by atoms with van der Waals surface area (Å²) < 4.78 is 10.8. The van der Waals surface area contributed by atoms with Gasteiger partial charge >= 0.3 is 5.97 Å². The summed E-state index contributed by atoms with van der Waals surface area (Å²) in [5.41, 5.74) is 5.13. The molecule has 2 aromatic rings. The second-order valence-corrected chi connectivity index (χ2v) is 7.01. The lowest BCUT2D eigenvalue weighted by Crippen LogP contribution is -2.26. The molecular weight excluding hydrogens is 390 g/mol. The fourth-order valence-corrected chi connectivity index (χ4v) is 3.60. The molecule has 0 bridgehead atoms. The summed E-state index contributed by atoms with van der Waals surface area (Å²) >= 11 is 6.11. The van der Waals surface area contributed by atoms with Gasteiger partial charge in [0.05, 0.1) is 25.8 Å². The van der Waals surface area contributed by atoms with Crippen molar-refractivity contribution in [3.8, 4) is 5.75 Å². The minimum atomic E-state index is -0.280. The number of carbonyl (C=O) groups is 1. The van der Waals surface area contributed by atoms with Gasteiger partial charge in [0.25, 0.3) is 0 Å². The van der Waals surface area contributed by atoms with Crippen molar-refractivity contribution < 1.29 is 14.3 Å². The highest BCUT2D eigenvalue weighted by atomic mass is 35.5. The number of anilines is 1. The van der Waals surface area contributed by atoms with E-state index in [0.717, 1.165) is 22.3 Å². The second-order valence-electron chi connectivity index (χ2n) is 6.74.